The maximum absolute atomic E-state index is 13.6. The number of halogens is 2. The lowest BCUT2D eigenvalue weighted by atomic mass is 9.81. The Morgan fingerprint density at radius 2 is 1.44 bits per heavy atom. The monoisotopic (exact) mass is 462 g/mol. The zero-order valence-corrected chi connectivity index (χ0v) is 18.9. The highest BCUT2D eigenvalue weighted by atomic mass is 19.1. The van der Waals surface area contributed by atoms with Crippen LogP contribution in [-0.4, -0.2) is 46.2 Å². The van der Waals surface area contributed by atoms with Crippen LogP contribution in [0.5, 0.6) is 0 Å². The first-order valence-corrected chi connectivity index (χ1v) is 11.6. The van der Waals surface area contributed by atoms with Gasteiger partial charge in [-0.05, 0) is 60.4 Å². The van der Waals surface area contributed by atoms with E-state index < -0.39 is 0 Å². The van der Waals surface area contributed by atoms with Crippen molar-refractivity contribution >= 4 is 11.0 Å². The van der Waals surface area contributed by atoms with Gasteiger partial charge in [0.2, 0.25) is 0 Å². The molecule has 3 aromatic carbocycles. The highest BCUT2D eigenvalue weighted by Crippen LogP contribution is 2.28. The van der Waals surface area contributed by atoms with Crippen LogP contribution in [-0.2, 0) is 19.4 Å². The van der Waals surface area contributed by atoms with Gasteiger partial charge in [0.1, 0.15) is 11.6 Å². The minimum Gasteiger partial charge on any atom is -0.314 e. The summed E-state index contributed by atoms with van der Waals surface area (Å²) in [5.41, 5.74) is 3.40. The van der Waals surface area contributed by atoms with Gasteiger partial charge < -0.3 is 10.3 Å². The molecule has 2 heterocycles. The van der Waals surface area contributed by atoms with Crippen LogP contribution < -0.4 is 11.0 Å². The van der Waals surface area contributed by atoms with Gasteiger partial charge in [-0.25, -0.2) is 13.6 Å². The number of benzene rings is 3. The largest absolute Gasteiger partial charge is 0.326 e. The van der Waals surface area contributed by atoms with Crippen molar-refractivity contribution in [2.24, 2.45) is 0 Å². The van der Waals surface area contributed by atoms with Crippen molar-refractivity contribution in [1.82, 2.24) is 19.8 Å². The number of hydrogen-bond acceptors (Lipinski definition) is 3. The third-order valence-corrected chi connectivity index (χ3v) is 6.85. The normalized spacial score (nSPS) is 16.2. The predicted molar refractivity (Wildman–Crippen MR) is 130 cm³/mol. The molecule has 0 atom stereocenters. The molecule has 7 heteroatoms. The molecule has 0 aliphatic carbocycles. The molecule has 34 heavy (non-hydrogen) atoms. The maximum atomic E-state index is 13.6. The summed E-state index contributed by atoms with van der Waals surface area (Å²) in [6.07, 6.45) is 1.42. The Labute approximate surface area is 197 Å². The van der Waals surface area contributed by atoms with Gasteiger partial charge in [-0.2, -0.15) is 0 Å². The Balaban J connectivity index is 1.46. The third-order valence-electron chi connectivity index (χ3n) is 6.85. The first-order chi connectivity index (χ1) is 16.5. The van der Waals surface area contributed by atoms with Gasteiger partial charge in [0.05, 0.1) is 11.0 Å². The standard InChI is InChI=1S/C27H28F2N4O/c28-22-9-5-20(6-10-22)17-27(18-21-7-11-23(29)12-8-21)19-30-13-14-32(27)15-16-33-25-4-2-1-3-24(25)31-26(33)34/h1-12,30H,13-19H2,(H,31,34). The minimum absolute atomic E-state index is 0.112. The molecule has 176 valence electrons. The van der Waals surface area contributed by atoms with Gasteiger partial charge >= 0.3 is 5.69 Å². The molecule has 0 spiro atoms. The summed E-state index contributed by atoms with van der Waals surface area (Å²) in [4.78, 5) is 18.0. The fourth-order valence-corrected chi connectivity index (χ4v) is 5.16. The number of nitrogens with one attached hydrogen (secondary N) is 2. The molecule has 0 radical (unpaired) electrons. The van der Waals surface area contributed by atoms with Crippen molar-refractivity contribution in [2.45, 2.75) is 24.9 Å². The Kier molecular flexibility index (Phi) is 6.30. The van der Waals surface area contributed by atoms with Crippen molar-refractivity contribution < 1.29 is 8.78 Å². The molecule has 5 rings (SSSR count). The van der Waals surface area contributed by atoms with E-state index in [1.54, 1.807) is 4.57 Å². The number of hydrogen-bond donors (Lipinski definition) is 2. The van der Waals surface area contributed by atoms with Crippen LogP contribution in [0, 0.1) is 11.6 Å². The smallest absolute Gasteiger partial charge is 0.314 e. The predicted octanol–water partition coefficient (Wildman–Crippen LogP) is 3.74. The first kappa shape index (κ1) is 22.5. The van der Waals surface area contributed by atoms with E-state index in [1.807, 2.05) is 48.5 Å². The zero-order valence-electron chi connectivity index (χ0n) is 18.9. The topological polar surface area (TPSA) is 53.1 Å². The van der Waals surface area contributed by atoms with Gasteiger partial charge in [0.15, 0.2) is 0 Å². The molecule has 0 bridgehead atoms. The van der Waals surface area contributed by atoms with E-state index in [9.17, 15) is 13.6 Å². The van der Waals surface area contributed by atoms with Crippen LogP contribution in [0.3, 0.4) is 0 Å². The van der Waals surface area contributed by atoms with Gasteiger partial charge in [-0.15, -0.1) is 0 Å². The van der Waals surface area contributed by atoms with Crippen molar-refractivity contribution in [3.63, 3.8) is 0 Å². The van der Waals surface area contributed by atoms with Crippen LogP contribution in [0.1, 0.15) is 11.1 Å². The number of rotatable bonds is 7. The van der Waals surface area contributed by atoms with Crippen molar-refractivity contribution in [1.29, 1.82) is 0 Å². The second-order valence-corrected chi connectivity index (χ2v) is 9.09. The molecule has 1 aliphatic rings. The van der Waals surface area contributed by atoms with Gasteiger partial charge in [0, 0.05) is 38.3 Å². The summed E-state index contributed by atoms with van der Waals surface area (Å²) >= 11 is 0. The van der Waals surface area contributed by atoms with E-state index in [1.165, 1.54) is 24.3 Å². The molecule has 1 aromatic heterocycles. The number of para-hydroxylation sites is 2. The number of H-pyrrole nitrogens is 1. The molecule has 1 fully saturated rings. The summed E-state index contributed by atoms with van der Waals surface area (Å²) < 4.78 is 28.9. The van der Waals surface area contributed by atoms with Crippen LogP contribution in [0.25, 0.3) is 11.0 Å². The lowest BCUT2D eigenvalue weighted by molar-refractivity contribution is 0.0558. The molecule has 1 aliphatic heterocycles. The zero-order chi connectivity index (χ0) is 23.5. The van der Waals surface area contributed by atoms with Crippen LogP contribution in [0.2, 0.25) is 0 Å². The Morgan fingerprint density at radius 1 is 0.824 bits per heavy atom. The number of aromatic nitrogens is 2. The van der Waals surface area contributed by atoms with Gasteiger partial charge in [-0.3, -0.25) is 9.47 Å². The maximum Gasteiger partial charge on any atom is 0.326 e. The van der Waals surface area contributed by atoms with E-state index in [4.69, 9.17) is 0 Å². The fourth-order valence-electron chi connectivity index (χ4n) is 5.16. The highest BCUT2D eigenvalue weighted by Gasteiger charge is 2.39. The van der Waals surface area contributed by atoms with Crippen molar-refractivity contribution in [3.8, 4) is 0 Å². The number of piperazine rings is 1. The summed E-state index contributed by atoms with van der Waals surface area (Å²) in [6, 6.07) is 21.0. The number of aromatic amines is 1. The molecule has 2 N–H and O–H groups in total. The fraction of sp³-hybridized carbons (Fsp3) is 0.296. The molecule has 0 saturated carbocycles. The van der Waals surface area contributed by atoms with Crippen molar-refractivity contribution in [2.75, 3.05) is 26.2 Å². The van der Waals surface area contributed by atoms with Crippen LogP contribution in [0.4, 0.5) is 8.78 Å². The highest BCUT2D eigenvalue weighted by molar-refractivity contribution is 5.74. The van der Waals surface area contributed by atoms with E-state index in [2.05, 4.69) is 15.2 Å². The Bertz CT molecular complexity index is 1260. The number of fused-ring (bicyclic) bond motifs is 1. The van der Waals surface area contributed by atoms with Crippen LogP contribution >= 0.6 is 0 Å². The van der Waals surface area contributed by atoms with E-state index >= 15 is 0 Å². The quantitative estimate of drug-likeness (QED) is 0.440. The first-order valence-electron chi connectivity index (χ1n) is 11.6. The van der Waals surface area contributed by atoms with E-state index in [-0.39, 0.29) is 22.9 Å². The van der Waals surface area contributed by atoms with E-state index in [0.717, 1.165) is 41.8 Å². The lowest BCUT2D eigenvalue weighted by Crippen LogP contribution is -2.64. The SMILES string of the molecule is O=c1[nH]c2ccccc2n1CCN1CCNCC1(Cc1ccc(F)cc1)Cc1ccc(F)cc1. The molecule has 1 saturated heterocycles. The summed E-state index contributed by atoms with van der Waals surface area (Å²) in [5.74, 6) is -0.512. The van der Waals surface area contributed by atoms with Crippen LogP contribution in [0.15, 0.2) is 77.6 Å². The Hall–Kier alpha value is -3.29. The van der Waals surface area contributed by atoms with E-state index in [0.29, 0.717) is 25.9 Å². The Morgan fingerprint density at radius 3 is 2.09 bits per heavy atom. The molecule has 5 nitrogen and oxygen atoms in total. The second kappa shape index (κ2) is 9.52. The van der Waals surface area contributed by atoms with Gasteiger partial charge in [-0.1, -0.05) is 36.4 Å². The summed E-state index contributed by atoms with van der Waals surface area (Å²) in [6.45, 7) is 3.64. The average molecular weight is 463 g/mol. The molecule has 4 aromatic rings. The van der Waals surface area contributed by atoms with Gasteiger partial charge in [0.25, 0.3) is 0 Å². The lowest BCUT2D eigenvalue weighted by Gasteiger charge is -2.48. The number of nitrogens with zero attached hydrogens (tertiary/aromatic N) is 2. The molecular weight excluding hydrogens is 434 g/mol. The molecule has 0 unspecified atom stereocenters. The minimum atomic E-state index is -0.302. The second-order valence-electron chi connectivity index (χ2n) is 9.09. The third kappa shape index (κ3) is 4.67. The summed E-state index contributed by atoms with van der Waals surface area (Å²) in [7, 11) is 0. The number of imidazole rings is 1. The molecule has 0 amide bonds. The summed E-state index contributed by atoms with van der Waals surface area (Å²) in [5, 5.41) is 3.54. The molecular formula is C27H28F2N4O. The van der Waals surface area contributed by atoms with Crippen molar-refractivity contribution in [3.05, 3.63) is 106 Å². The average Bonchev–Trinajstić information content (AvgIpc) is 3.16.